The third-order valence-corrected chi connectivity index (χ3v) is 4.91. The molecular formula is C14H20N2O3S. The van der Waals surface area contributed by atoms with Gasteiger partial charge in [-0.2, -0.15) is 0 Å². The van der Waals surface area contributed by atoms with Gasteiger partial charge in [-0.1, -0.05) is 0 Å². The number of amides is 1. The van der Waals surface area contributed by atoms with Crippen LogP contribution in [0.5, 0.6) is 0 Å². The Bertz CT molecular complexity index is 573. The number of primary amides is 1. The van der Waals surface area contributed by atoms with Crippen LogP contribution in [0.15, 0.2) is 29.2 Å². The van der Waals surface area contributed by atoms with Gasteiger partial charge in [0.25, 0.3) is 0 Å². The zero-order valence-corrected chi connectivity index (χ0v) is 12.3. The van der Waals surface area contributed by atoms with Crippen LogP contribution in [0.25, 0.3) is 0 Å². The minimum Gasteiger partial charge on any atom is -0.382 e. The fraction of sp³-hybridized carbons (Fsp3) is 0.500. The van der Waals surface area contributed by atoms with E-state index in [0.717, 1.165) is 31.4 Å². The zero-order valence-electron chi connectivity index (χ0n) is 11.5. The van der Waals surface area contributed by atoms with Crippen LogP contribution >= 0.6 is 0 Å². The summed E-state index contributed by atoms with van der Waals surface area (Å²) < 4.78 is 22.7. The van der Waals surface area contributed by atoms with Crippen LogP contribution in [0.1, 0.15) is 25.7 Å². The smallest absolute Gasteiger partial charge is 0.220 e. The van der Waals surface area contributed by atoms with Gasteiger partial charge in [0.2, 0.25) is 5.91 Å². The predicted molar refractivity (Wildman–Crippen MR) is 78.1 cm³/mol. The molecule has 0 spiro atoms. The lowest BCUT2D eigenvalue weighted by Gasteiger charge is -2.28. The van der Waals surface area contributed by atoms with E-state index >= 15 is 0 Å². The van der Waals surface area contributed by atoms with E-state index < -0.39 is 9.84 Å². The van der Waals surface area contributed by atoms with Gasteiger partial charge in [-0.25, -0.2) is 8.42 Å². The highest BCUT2D eigenvalue weighted by Crippen LogP contribution is 2.26. The predicted octanol–water partition coefficient (Wildman–Crippen LogP) is 1.55. The molecule has 0 aromatic heterocycles. The fourth-order valence-electron chi connectivity index (χ4n) is 2.56. The number of carbonyl (C=O) groups excluding carboxylic acids is 1. The highest BCUT2D eigenvalue weighted by Gasteiger charge is 2.24. The molecule has 0 heterocycles. The number of rotatable bonds is 4. The van der Waals surface area contributed by atoms with Crippen molar-refractivity contribution < 1.29 is 13.2 Å². The van der Waals surface area contributed by atoms with Gasteiger partial charge in [0.05, 0.1) is 4.90 Å². The topological polar surface area (TPSA) is 89.3 Å². The van der Waals surface area contributed by atoms with Gasteiger partial charge in [0.1, 0.15) is 0 Å². The van der Waals surface area contributed by atoms with Crippen molar-refractivity contribution in [3.8, 4) is 0 Å². The van der Waals surface area contributed by atoms with Gasteiger partial charge in [-0.3, -0.25) is 4.79 Å². The van der Waals surface area contributed by atoms with Crippen molar-refractivity contribution in [1.29, 1.82) is 0 Å². The van der Waals surface area contributed by atoms with E-state index in [0.29, 0.717) is 10.9 Å². The molecule has 0 aliphatic heterocycles. The molecule has 3 N–H and O–H groups in total. The molecule has 0 radical (unpaired) electrons. The maximum Gasteiger partial charge on any atom is 0.220 e. The molecule has 1 aromatic carbocycles. The van der Waals surface area contributed by atoms with Crippen molar-refractivity contribution in [1.82, 2.24) is 0 Å². The Morgan fingerprint density at radius 1 is 1.15 bits per heavy atom. The standard InChI is InChI=1S/C14H20N2O3S/c1-20(18,19)13-8-6-12(7-9-13)16-11-4-2-10(3-5-11)14(15)17/h6-11,16H,2-5H2,1H3,(H2,15,17). The van der Waals surface area contributed by atoms with Gasteiger partial charge in [-0.05, 0) is 49.9 Å². The van der Waals surface area contributed by atoms with E-state index in [4.69, 9.17) is 5.73 Å². The van der Waals surface area contributed by atoms with Crippen LogP contribution < -0.4 is 11.1 Å². The third kappa shape index (κ3) is 3.72. The van der Waals surface area contributed by atoms with E-state index in [2.05, 4.69) is 5.32 Å². The Hall–Kier alpha value is -1.56. The highest BCUT2D eigenvalue weighted by atomic mass is 32.2. The largest absolute Gasteiger partial charge is 0.382 e. The summed E-state index contributed by atoms with van der Waals surface area (Å²) in [7, 11) is -3.15. The lowest BCUT2D eigenvalue weighted by molar-refractivity contribution is -0.122. The van der Waals surface area contributed by atoms with Crippen molar-refractivity contribution >= 4 is 21.4 Å². The maximum atomic E-state index is 11.4. The second kappa shape index (κ2) is 5.83. The van der Waals surface area contributed by atoms with Gasteiger partial charge in [0.15, 0.2) is 9.84 Å². The second-order valence-electron chi connectivity index (χ2n) is 5.39. The lowest BCUT2D eigenvalue weighted by atomic mass is 9.85. The number of nitrogens with one attached hydrogen (secondary N) is 1. The Morgan fingerprint density at radius 2 is 1.70 bits per heavy atom. The van der Waals surface area contributed by atoms with Crippen molar-refractivity contribution in [2.75, 3.05) is 11.6 Å². The third-order valence-electron chi connectivity index (χ3n) is 3.78. The van der Waals surface area contributed by atoms with E-state index in [1.54, 1.807) is 24.3 Å². The molecule has 2 rings (SSSR count). The molecule has 1 fully saturated rings. The molecule has 20 heavy (non-hydrogen) atoms. The quantitative estimate of drug-likeness (QED) is 0.882. The van der Waals surface area contributed by atoms with E-state index in [9.17, 15) is 13.2 Å². The van der Waals surface area contributed by atoms with Crippen molar-refractivity contribution in [2.45, 2.75) is 36.6 Å². The summed E-state index contributed by atoms with van der Waals surface area (Å²) in [6, 6.07) is 7.07. The summed E-state index contributed by atoms with van der Waals surface area (Å²) in [5.41, 5.74) is 6.21. The first-order valence-corrected chi connectivity index (χ1v) is 8.61. The minimum atomic E-state index is -3.15. The van der Waals surface area contributed by atoms with Gasteiger partial charge >= 0.3 is 0 Å². The summed E-state index contributed by atoms with van der Waals surface area (Å²) in [4.78, 5) is 11.4. The van der Waals surface area contributed by atoms with Crippen molar-refractivity contribution in [3.05, 3.63) is 24.3 Å². The van der Waals surface area contributed by atoms with Crippen molar-refractivity contribution in [2.24, 2.45) is 11.7 Å². The average Bonchev–Trinajstić information content (AvgIpc) is 2.39. The number of sulfone groups is 1. The summed E-state index contributed by atoms with van der Waals surface area (Å²) in [6.45, 7) is 0. The first-order valence-electron chi connectivity index (χ1n) is 6.72. The maximum absolute atomic E-state index is 11.4. The normalized spacial score (nSPS) is 23.2. The molecule has 0 atom stereocenters. The second-order valence-corrected chi connectivity index (χ2v) is 7.41. The van der Waals surface area contributed by atoms with E-state index in [1.165, 1.54) is 6.26 Å². The Labute approximate surface area is 119 Å². The number of nitrogens with two attached hydrogens (primary N) is 1. The zero-order chi connectivity index (χ0) is 14.8. The molecule has 0 unspecified atom stereocenters. The number of hydrogen-bond donors (Lipinski definition) is 2. The molecule has 6 heteroatoms. The van der Waals surface area contributed by atoms with Gasteiger partial charge < -0.3 is 11.1 Å². The summed E-state index contributed by atoms with van der Waals surface area (Å²) in [6.07, 6.45) is 4.63. The van der Waals surface area contributed by atoms with Crippen molar-refractivity contribution in [3.63, 3.8) is 0 Å². The van der Waals surface area contributed by atoms with Crippen LogP contribution in [-0.2, 0) is 14.6 Å². The van der Waals surface area contributed by atoms with Crippen LogP contribution in [0.2, 0.25) is 0 Å². The molecule has 1 amide bonds. The molecule has 0 saturated heterocycles. The molecule has 1 aliphatic carbocycles. The lowest BCUT2D eigenvalue weighted by Crippen LogP contribution is -2.32. The molecule has 1 aliphatic rings. The van der Waals surface area contributed by atoms with E-state index in [-0.39, 0.29) is 11.8 Å². The molecule has 1 aromatic rings. The Balaban J connectivity index is 1.93. The minimum absolute atomic E-state index is 0.000611. The number of carbonyl (C=O) groups is 1. The molecule has 1 saturated carbocycles. The highest BCUT2D eigenvalue weighted by molar-refractivity contribution is 7.90. The average molecular weight is 296 g/mol. The van der Waals surface area contributed by atoms with Crippen LogP contribution in [0.3, 0.4) is 0 Å². The van der Waals surface area contributed by atoms with Crippen LogP contribution in [0.4, 0.5) is 5.69 Å². The summed E-state index contributed by atoms with van der Waals surface area (Å²) in [5, 5.41) is 3.37. The van der Waals surface area contributed by atoms with E-state index in [1.807, 2.05) is 0 Å². The first-order chi connectivity index (χ1) is 9.36. The summed E-state index contributed by atoms with van der Waals surface area (Å²) in [5.74, 6) is -0.207. The Kier molecular flexibility index (Phi) is 4.32. The molecule has 5 nitrogen and oxygen atoms in total. The fourth-order valence-corrected chi connectivity index (χ4v) is 3.19. The number of hydrogen-bond acceptors (Lipinski definition) is 4. The van der Waals surface area contributed by atoms with Crippen LogP contribution in [-0.4, -0.2) is 26.6 Å². The molecule has 0 bridgehead atoms. The van der Waals surface area contributed by atoms with Gasteiger partial charge in [-0.15, -0.1) is 0 Å². The summed E-state index contributed by atoms with van der Waals surface area (Å²) >= 11 is 0. The Morgan fingerprint density at radius 3 is 2.15 bits per heavy atom. The van der Waals surface area contributed by atoms with Crippen LogP contribution in [0, 0.1) is 5.92 Å². The number of benzene rings is 1. The molecular weight excluding hydrogens is 276 g/mol. The molecule has 110 valence electrons. The van der Waals surface area contributed by atoms with Gasteiger partial charge in [0, 0.05) is 23.9 Å². The monoisotopic (exact) mass is 296 g/mol. The first kappa shape index (κ1) is 14.8. The number of anilines is 1. The SMILES string of the molecule is CS(=O)(=O)c1ccc(NC2CCC(C(N)=O)CC2)cc1.